The van der Waals surface area contributed by atoms with E-state index in [1.807, 2.05) is 18.2 Å². The summed E-state index contributed by atoms with van der Waals surface area (Å²) in [5, 5.41) is 11.7. The number of carbonyl (C=O) groups excluding carboxylic acids is 1. The van der Waals surface area contributed by atoms with E-state index in [1.165, 1.54) is 17.7 Å². The molecule has 0 aromatic heterocycles. The van der Waals surface area contributed by atoms with E-state index in [0.29, 0.717) is 31.1 Å². The predicted octanol–water partition coefficient (Wildman–Crippen LogP) is 5.07. The molecule has 5 nitrogen and oxygen atoms in total. The number of benzene rings is 2. The lowest BCUT2D eigenvalue weighted by molar-refractivity contribution is -0.116. The van der Waals surface area contributed by atoms with Gasteiger partial charge in [0.2, 0.25) is 5.91 Å². The van der Waals surface area contributed by atoms with Gasteiger partial charge < -0.3 is 15.2 Å². The topological polar surface area (TPSA) is 75.6 Å². The van der Waals surface area contributed by atoms with E-state index < -0.39 is 5.97 Å². The molecule has 0 saturated heterocycles. The Kier molecular flexibility index (Phi) is 7.21. The number of hydrogen-bond acceptors (Lipinski definition) is 3. The molecule has 2 N–H and O–H groups in total. The molecule has 6 heteroatoms. The van der Waals surface area contributed by atoms with Gasteiger partial charge >= 0.3 is 5.97 Å². The van der Waals surface area contributed by atoms with E-state index in [9.17, 15) is 9.59 Å². The van der Waals surface area contributed by atoms with Crippen molar-refractivity contribution in [2.45, 2.75) is 32.6 Å². The zero-order chi connectivity index (χ0) is 19.1. The zero-order valence-electron chi connectivity index (χ0n) is 14.8. The number of carboxylic acids is 1. The molecule has 26 heavy (non-hydrogen) atoms. The van der Waals surface area contributed by atoms with Crippen LogP contribution < -0.4 is 10.1 Å². The summed E-state index contributed by atoms with van der Waals surface area (Å²) in [4.78, 5) is 22.9. The number of ether oxygens (including phenoxy) is 1. The average Bonchev–Trinajstić information content (AvgIpc) is 2.59. The van der Waals surface area contributed by atoms with E-state index in [1.54, 1.807) is 12.1 Å². The number of hydrogen-bond donors (Lipinski definition) is 2. The van der Waals surface area contributed by atoms with E-state index in [4.69, 9.17) is 9.84 Å². The number of nitrogens with one attached hydrogen (secondary N) is 1. The summed E-state index contributed by atoms with van der Waals surface area (Å²) in [6, 6.07) is 12.2. The van der Waals surface area contributed by atoms with E-state index in [0.717, 1.165) is 10.2 Å². The molecule has 0 aliphatic carbocycles. The van der Waals surface area contributed by atoms with Gasteiger partial charge in [0.25, 0.3) is 0 Å². The number of carboxylic acid groups (broad SMARTS) is 1. The minimum Gasteiger partial charge on any atom is -0.492 e. The molecule has 0 unspecified atom stereocenters. The van der Waals surface area contributed by atoms with Gasteiger partial charge in [-0.15, -0.1) is 0 Å². The highest BCUT2D eigenvalue weighted by molar-refractivity contribution is 9.10. The molecule has 2 aromatic carbocycles. The normalized spacial score (nSPS) is 10.6. The van der Waals surface area contributed by atoms with Gasteiger partial charge in [0.15, 0.2) is 0 Å². The molecule has 0 radical (unpaired) electrons. The van der Waals surface area contributed by atoms with Crippen LogP contribution >= 0.6 is 15.9 Å². The first-order valence-corrected chi connectivity index (χ1v) is 9.21. The summed E-state index contributed by atoms with van der Waals surface area (Å²) in [5.41, 5.74) is 1.84. The summed E-state index contributed by atoms with van der Waals surface area (Å²) in [6.45, 7) is 4.68. The Morgan fingerprint density at radius 2 is 1.96 bits per heavy atom. The van der Waals surface area contributed by atoms with Crippen molar-refractivity contribution in [1.29, 1.82) is 0 Å². The first-order valence-electron chi connectivity index (χ1n) is 8.42. The highest BCUT2D eigenvalue weighted by Crippen LogP contribution is 2.29. The predicted molar refractivity (Wildman–Crippen MR) is 105 cm³/mol. The van der Waals surface area contributed by atoms with Crippen LogP contribution in [0.25, 0.3) is 0 Å². The van der Waals surface area contributed by atoms with Crippen molar-refractivity contribution < 1.29 is 19.4 Å². The number of aromatic carboxylic acids is 1. The third-order valence-electron chi connectivity index (χ3n) is 3.82. The molecule has 2 rings (SSSR count). The molecular weight excluding hydrogens is 398 g/mol. The second kappa shape index (κ2) is 9.38. The van der Waals surface area contributed by atoms with E-state index in [2.05, 4.69) is 35.1 Å². The lowest BCUT2D eigenvalue weighted by Crippen LogP contribution is -2.13. The van der Waals surface area contributed by atoms with Crippen LogP contribution in [0.4, 0.5) is 5.69 Å². The molecule has 1 amide bonds. The number of rotatable bonds is 8. The number of carbonyl (C=O) groups is 2. The van der Waals surface area contributed by atoms with Crippen LogP contribution in [-0.2, 0) is 4.79 Å². The van der Waals surface area contributed by atoms with Crippen LogP contribution in [0.2, 0.25) is 0 Å². The molecule has 0 aliphatic heterocycles. The van der Waals surface area contributed by atoms with Gasteiger partial charge in [0.1, 0.15) is 5.75 Å². The Morgan fingerprint density at radius 3 is 2.62 bits per heavy atom. The van der Waals surface area contributed by atoms with Gasteiger partial charge in [-0.2, -0.15) is 0 Å². The van der Waals surface area contributed by atoms with Crippen LogP contribution in [0, 0.1) is 0 Å². The smallest absolute Gasteiger partial charge is 0.335 e. The zero-order valence-corrected chi connectivity index (χ0v) is 16.4. The van der Waals surface area contributed by atoms with Crippen molar-refractivity contribution in [1.82, 2.24) is 0 Å². The van der Waals surface area contributed by atoms with Crippen LogP contribution in [0.1, 0.15) is 48.5 Å². The molecular formula is C20H22BrNO4. The maximum absolute atomic E-state index is 12.0. The summed E-state index contributed by atoms with van der Waals surface area (Å²) in [7, 11) is 0. The highest BCUT2D eigenvalue weighted by Gasteiger charge is 2.08. The van der Waals surface area contributed by atoms with Crippen molar-refractivity contribution in [3.05, 3.63) is 58.1 Å². The second-order valence-corrected chi connectivity index (χ2v) is 7.09. The van der Waals surface area contributed by atoms with Gasteiger partial charge in [0, 0.05) is 12.1 Å². The lowest BCUT2D eigenvalue weighted by atomic mass is 10.0. The SMILES string of the molecule is CC(C)c1ccc(OCCCC(=O)Nc2cccc(C(=O)O)c2)c(Br)c1. The number of amides is 1. The van der Waals surface area contributed by atoms with Crippen LogP contribution in [0.15, 0.2) is 46.9 Å². The van der Waals surface area contributed by atoms with Gasteiger partial charge in [-0.25, -0.2) is 4.79 Å². The van der Waals surface area contributed by atoms with Crippen molar-refractivity contribution in [2.24, 2.45) is 0 Å². The Morgan fingerprint density at radius 1 is 1.19 bits per heavy atom. The summed E-state index contributed by atoms with van der Waals surface area (Å²) < 4.78 is 6.62. The molecule has 0 fully saturated rings. The van der Waals surface area contributed by atoms with Crippen LogP contribution in [-0.4, -0.2) is 23.6 Å². The number of halogens is 1. The van der Waals surface area contributed by atoms with Crippen LogP contribution in [0.5, 0.6) is 5.75 Å². The fourth-order valence-corrected chi connectivity index (χ4v) is 2.87. The molecule has 0 aliphatic rings. The van der Waals surface area contributed by atoms with Crippen molar-refractivity contribution in [3.63, 3.8) is 0 Å². The molecule has 138 valence electrons. The lowest BCUT2D eigenvalue weighted by Gasteiger charge is -2.11. The third-order valence-corrected chi connectivity index (χ3v) is 4.44. The van der Waals surface area contributed by atoms with Crippen LogP contribution in [0.3, 0.4) is 0 Å². The Labute approximate surface area is 161 Å². The summed E-state index contributed by atoms with van der Waals surface area (Å²) >= 11 is 3.51. The van der Waals surface area contributed by atoms with Crippen molar-refractivity contribution >= 4 is 33.5 Å². The highest BCUT2D eigenvalue weighted by atomic mass is 79.9. The molecule has 2 aromatic rings. The minimum atomic E-state index is -1.02. The molecule has 0 atom stereocenters. The first kappa shape index (κ1) is 20.0. The molecule has 0 saturated carbocycles. The maximum atomic E-state index is 12.0. The monoisotopic (exact) mass is 419 g/mol. The van der Waals surface area contributed by atoms with Gasteiger partial charge in [0.05, 0.1) is 16.6 Å². The Bertz CT molecular complexity index is 789. The summed E-state index contributed by atoms with van der Waals surface area (Å²) in [5.74, 6) is 0.00145. The van der Waals surface area contributed by atoms with Crippen molar-refractivity contribution in [2.75, 3.05) is 11.9 Å². The Hall–Kier alpha value is -2.34. The van der Waals surface area contributed by atoms with Crippen molar-refractivity contribution in [3.8, 4) is 5.75 Å². The first-order chi connectivity index (χ1) is 12.4. The fraction of sp³-hybridized carbons (Fsp3) is 0.300. The standard InChI is InChI=1S/C20H22BrNO4/c1-13(2)14-8-9-18(17(21)12-14)26-10-4-7-19(23)22-16-6-3-5-15(11-16)20(24)25/h3,5-6,8-9,11-13H,4,7,10H2,1-2H3,(H,22,23)(H,24,25). The van der Waals surface area contributed by atoms with Gasteiger partial charge in [-0.3, -0.25) is 4.79 Å². The maximum Gasteiger partial charge on any atom is 0.335 e. The summed E-state index contributed by atoms with van der Waals surface area (Å²) in [6.07, 6.45) is 0.849. The van der Waals surface area contributed by atoms with Gasteiger partial charge in [-0.1, -0.05) is 26.0 Å². The van der Waals surface area contributed by atoms with Gasteiger partial charge in [-0.05, 0) is 64.2 Å². The number of anilines is 1. The second-order valence-electron chi connectivity index (χ2n) is 6.23. The third kappa shape index (κ3) is 5.88. The fourth-order valence-electron chi connectivity index (χ4n) is 2.36. The molecule has 0 bridgehead atoms. The minimum absolute atomic E-state index is 0.140. The Balaban J connectivity index is 1.78. The molecule has 0 spiro atoms. The largest absolute Gasteiger partial charge is 0.492 e. The van der Waals surface area contributed by atoms with E-state index >= 15 is 0 Å². The molecule has 0 heterocycles. The van der Waals surface area contributed by atoms with E-state index in [-0.39, 0.29) is 11.5 Å². The average molecular weight is 420 g/mol. The quantitative estimate of drug-likeness (QED) is 0.585.